The van der Waals surface area contributed by atoms with Crippen LogP contribution in [0.3, 0.4) is 0 Å². The summed E-state index contributed by atoms with van der Waals surface area (Å²) in [6.45, 7) is 1.84. The summed E-state index contributed by atoms with van der Waals surface area (Å²) >= 11 is 1.61. The molecule has 0 bridgehead atoms. The predicted molar refractivity (Wildman–Crippen MR) is 254 cm³/mol. The lowest BCUT2D eigenvalue weighted by atomic mass is 10.0. The third kappa shape index (κ3) is 8.88. The molecule has 4 aromatic carbocycles. The van der Waals surface area contributed by atoms with Crippen molar-refractivity contribution in [3.63, 3.8) is 0 Å². The van der Waals surface area contributed by atoms with E-state index in [-0.39, 0.29) is 29.8 Å². The lowest BCUT2D eigenvalue weighted by Gasteiger charge is -2.28. The van der Waals surface area contributed by atoms with Gasteiger partial charge in [0.2, 0.25) is 23.6 Å². The quantitative estimate of drug-likeness (QED) is 0.0782. The zero-order chi connectivity index (χ0) is 46.0. The Morgan fingerprint density at radius 3 is 1.66 bits per heavy atom. The third-order valence-corrected chi connectivity index (χ3v) is 13.6. The number of likely N-dealkylation sites (tertiary alicyclic amines) is 2. The number of rotatable bonds is 13. The average Bonchev–Trinajstić information content (AvgIpc) is 4.23. The molecule has 67 heavy (non-hydrogen) atoms. The van der Waals surface area contributed by atoms with Gasteiger partial charge in [-0.3, -0.25) is 23.6 Å². The smallest absolute Gasteiger partial charge is 0.250 e. The number of aliphatic hydroxyl groups is 1. The van der Waals surface area contributed by atoms with Gasteiger partial charge in [-0.25, -0.2) is 15.0 Å². The molecule has 2 aliphatic rings. The molecule has 0 saturated carbocycles. The van der Waals surface area contributed by atoms with Crippen LogP contribution < -0.4 is 10.6 Å². The van der Waals surface area contributed by atoms with Crippen molar-refractivity contribution in [2.75, 3.05) is 19.7 Å². The van der Waals surface area contributed by atoms with E-state index in [9.17, 15) is 24.3 Å². The number of hydrogen-bond donors (Lipinski definition) is 5. The topological polar surface area (TPSA) is 194 Å². The Hall–Kier alpha value is -7.69. The van der Waals surface area contributed by atoms with E-state index in [0.717, 1.165) is 86.2 Å². The van der Waals surface area contributed by atoms with Crippen molar-refractivity contribution < 1.29 is 24.3 Å². The van der Waals surface area contributed by atoms with Crippen LogP contribution in [0.2, 0.25) is 0 Å². The summed E-state index contributed by atoms with van der Waals surface area (Å²) in [5, 5.41) is 15.0. The SMILES string of the molecule is CC(=O)N[C@@H](C(=O)N1CCCC1c1ncc(-c2ccc(-c3cn4cc(-c5ccc(-c6cnc([C@@H]7CCCN7C(=O)[C@H](NC(=O)CO)c7ccccc7)[nH]6)cc5)sc4n3)cc2)[nH]1)c1ccccc1. The zero-order valence-electron chi connectivity index (χ0n) is 36.6. The monoisotopic (exact) mass is 912 g/mol. The van der Waals surface area contributed by atoms with Crippen molar-refractivity contribution in [1.29, 1.82) is 0 Å². The van der Waals surface area contributed by atoms with Gasteiger partial charge in [0, 0.05) is 38.0 Å². The van der Waals surface area contributed by atoms with Gasteiger partial charge in [-0.15, -0.1) is 0 Å². The van der Waals surface area contributed by atoms with Crippen molar-refractivity contribution in [1.82, 2.24) is 49.8 Å². The van der Waals surface area contributed by atoms with Crippen molar-refractivity contribution in [3.05, 3.63) is 157 Å². The van der Waals surface area contributed by atoms with Crippen LogP contribution in [0.5, 0.6) is 0 Å². The van der Waals surface area contributed by atoms with Crippen molar-refractivity contribution in [3.8, 4) is 44.2 Å². The number of thiazole rings is 1. The maximum absolute atomic E-state index is 13.9. The first-order valence-electron chi connectivity index (χ1n) is 22.4. The van der Waals surface area contributed by atoms with Crippen LogP contribution in [-0.2, 0) is 19.2 Å². The third-order valence-electron chi connectivity index (χ3n) is 12.6. The Kier molecular flexibility index (Phi) is 12.0. The largest absolute Gasteiger partial charge is 0.387 e. The molecule has 5 N–H and O–H groups in total. The van der Waals surface area contributed by atoms with E-state index in [1.165, 1.54) is 6.92 Å². The zero-order valence-corrected chi connectivity index (χ0v) is 37.4. The summed E-state index contributed by atoms with van der Waals surface area (Å²) in [5.74, 6) is 0.140. The van der Waals surface area contributed by atoms with Crippen LogP contribution >= 0.6 is 11.3 Å². The molecule has 2 fully saturated rings. The second-order valence-electron chi connectivity index (χ2n) is 16.9. The molecule has 8 aromatic rings. The molecule has 0 aliphatic carbocycles. The maximum atomic E-state index is 13.9. The van der Waals surface area contributed by atoms with Gasteiger partial charge in [0.05, 0.1) is 46.4 Å². The Morgan fingerprint density at radius 1 is 0.672 bits per heavy atom. The average molecular weight is 913 g/mol. The van der Waals surface area contributed by atoms with Crippen LogP contribution in [0.15, 0.2) is 134 Å². The number of nitrogens with one attached hydrogen (secondary N) is 4. The first-order valence-corrected chi connectivity index (χ1v) is 23.2. The van der Waals surface area contributed by atoms with Gasteiger partial charge in [0.15, 0.2) is 4.96 Å². The van der Waals surface area contributed by atoms with Crippen molar-refractivity contribution in [2.45, 2.75) is 56.8 Å². The van der Waals surface area contributed by atoms with E-state index in [4.69, 9.17) is 15.0 Å². The van der Waals surface area contributed by atoms with Crippen molar-refractivity contribution >= 4 is 39.9 Å². The maximum Gasteiger partial charge on any atom is 0.250 e. The molecule has 0 spiro atoms. The molecule has 2 saturated heterocycles. The highest BCUT2D eigenvalue weighted by molar-refractivity contribution is 7.20. The second-order valence-corrected chi connectivity index (χ2v) is 17.9. The highest BCUT2D eigenvalue weighted by Gasteiger charge is 2.38. The highest BCUT2D eigenvalue weighted by atomic mass is 32.1. The van der Waals surface area contributed by atoms with E-state index >= 15 is 0 Å². The van der Waals surface area contributed by atoms with Gasteiger partial charge >= 0.3 is 0 Å². The van der Waals surface area contributed by atoms with E-state index in [0.29, 0.717) is 24.5 Å². The van der Waals surface area contributed by atoms with Gasteiger partial charge in [0.1, 0.15) is 30.3 Å². The fraction of sp³-hybridized carbons (Fsp3) is 0.235. The van der Waals surface area contributed by atoms with Crippen LogP contribution in [-0.4, -0.2) is 87.6 Å². The summed E-state index contributed by atoms with van der Waals surface area (Å²) in [7, 11) is 0. The van der Waals surface area contributed by atoms with Crippen LogP contribution in [0, 0.1) is 0 Å². The van der Waals surface area contributed by atoms with E-state index in [2.05, 4.69) is 55.5 Å². The van der Waals surface area contributed by atoms with Crippen LogP contribution in [0.25, 0.3) is 49.2 Å². The summed E-state index contributed by atoms with van der Waals surface area (Å²) in [6, 6.07) is 32.7. The molecular weight excluding hydrogens is 865 g/mol. The molecule has 1 unspecified atom stereocenters. The van der Waals surface area contributed by atoms with E-state index in [1.54, 1.807) is 34.6 Å². The molecule has 16 heteroatoms. The standard InChI is InChI=1S/C51H48N10O5S/c1-31(63)54-45(36-10-4-2-5-11-36)49(65)60-24-8-14-41(60)47-52-26-38(55-47)32-16-18-34(19-17-32)40-28-59-29-43(67-51(59)57-40)35-22-20-33(21-23-35)39-27-53-48(56-39)42-15-9-25-61(42)50(66)46(58-44(64)30-62)37-12-6-3-7-13-37/h2-7,10-13,16-23,26-29,41-42,45-46,62H,8-9,14-15,24-25,30H2,1H3,(H,52,55)(H,53,56)(H,54,63)(H,58,64)/t41?,42-,45+,46+/m0/s1. The van der Waals surface area contributed by atoms with Crippen LogP contribution in [0.1, 0.15) is 79.6 Å². The number of hydrogen-bond acceptors (Lipinski definition) is 9. The second kappa shape index (κ2) is 18.7. The van der Waals surface area contributed by atoms with E-state index in [1.807, 2.05) is 90.1 Å². The molecule has 15 nitrogen and oxygen atoms in total. The molecule has 4 amide bonds. The van der Waals surface area contributed by atoms with Gasteiger partial charge in [-0.1, -0.05) is 121 Å². The minimum Gasteiger partial charge on any atom is -0.387 e. The molecular formula is C51H48N10O5S. The van der Waals surface area contributed by atoms with Crippen molar-refractivity contribution in [2.24, 2.45) is 0 Å². The van der Waals surface area contributed by atoms with Gasteiger partial charge in [-0.05, 0) is 53.5 Å². The van der Waals surface area contributed by atoms with E-state index < -0.39 is 24.6 Å². The number of H-pyrrole nitrogens is 2. The molecule has 0 radical (unpaired) electrons. The van der Waals surface area contributed by atoms with Crippen LogP contribution in [0.4, 0.5) is 0 Å². The van der Waals surface area contributed by atoms with Gasteiger partial charge < -0.3 is 35.5 Å². The number of benzene rings is 4. The van der Waals surface area contributed by atoms with Gasteiger partial charge in [-0.2, -0.15) is 0 Å². The molecule has 6 heterocycles. The number of aliphatic hydroxyl groups excluding tert-OH is 1. The minimum atomic E-state index is -0.916. The van der Waals surface area contributed by atoms with Gasteiger partial charge in [0.25, 0.3) is 0 Å². The Morgan fingerprint density at radius 2 is 1.16 bits per heavy atom. The summed E-state index contributed by atoms with van der Waals surface area (Å²) in [5.41, 5.74) is 7.91. The predicted octanol–water partition coefficient (Wildman–Crippen LogP) is 7.56. The lowest BCUT2D eigenvalue weighted by Crippen LogP contribution is -2.43. The highest BCUT2D eigenvalue weighted by Crippen LogP contribution is 2.37. The number of nitrogens with zero attached hydrogens (tertiary/aromatic N) is 6. The molecule has 4 atom stereocenters. The lowest BCUT2D eigenvalue weighted by molar-refractivity contribution is -0.138. The normalized spacial score (nSPS) is 16.9. The number of aromatic nitrogens is 6. The molecule has 338 valence electrons. The number of carbonyl (C=O) groups is 4. The number of aromatic amines is 2. The summed E-state index contributed by atoms with van der Waals surface area (Å²) in [6.07, 6.45) is 10.9. The number of imidazole rings is 3. The fourth-order valence-electron chi connectivity index (χ4n) is 9.25. The summed E-state index contributed by atoms with van der Waals surface area (Å²) in [4.78, 5) is 79.0. The molecule has 10 rings (SSSR count). The Bertz CT molecular complexity index is 3020. The number of fused-ring (bicyclic) bond motifs is 1. The number of carbonyl (C=O) groups excluding carboxylic acids is 4. The minimum absolute atomic E-state index is 0.148. The Balaban J connectivity index is 0.789. The summed E-state index contributed by atoms with van der Waals surface area (Å²) < 4.78 is 2.05. The Labute approximate surface area is 389 Å². The first kappa shape index (κ1) is 43.2. The molecule has 4 aromatic heterocycles. The number of amides is 4. The first-order chi connectivity index (χ1) is 32.7. The fourth-order valence-corrected chi connectivity index (χ4v) is 10.2. The molecule has 2 aliphatic heterocycles.